The maximum Gasteiger partial charge on any atom is 0.335 e. The number of carboxylic acids is 1. The largest absolute Gasteiger partial charge is 0.478 e. The fourth-order valence-corrected chi connectivity index (χ4v) is 6.49. The minimum atomic E-state index is -4.99. The number of hydrogen-bond donors (Lipinski definition) is 7. The predicted molar refractivity (Wildman–Crippen MR) is 195 cm³/mol. The highest BCUT2D eigenvalue weighted by Gasteiger charge is 2.34. The normalized spacial score (nSPS) is 15.5. The monoisotopic (exact) mass is 756 g/mol. The van der Waals surface area contributed by atoms with Gasteiger partial charge in [-0.05, 0) is 96.1 Å². The first-order valence-corrected chi connectivity index (χ1v) is 17.9. The van der Waals surface area contributed by atoms with Crippen molar-refractivity contribution in [1.29, 1.82) is 0 Å². The molecule has 6 rings (SSSR count). The highest BCUT2D eigenvalue weighted by Crippen LogP contribution is 2.30. The van der Waals surface area contributed by atoms with E-state index in [0.29, 0.717) is 5.69 Å². The fraction of sp³-hybridized carbons (Fsp3) is 0. The van der Waals surface area contributed by atoms with Crippen LogP contribution in [0.5, 0.6) is 0 Å². The number of aromatic carboxylic acids is 1. The first kappa shape index (κ1) is 36.0. The quantitative estimate of drug-likeness (QED) is 0.0893. The number of nitrogens with zero attached hydrogens (tertiary/aromatic N) is 2. The Morgan fingerprint density at radius 1 is 0.566 bits per heavy atom. The van der Waals surface area contributed by atoms with Gasteiger partial charge in [0.1, 0.15) is 9.81 Å². The summed E-state index contributed by atoms with van der Waals surface area (Å²) >= 11 is 0. The molecule has 4 aromatic rings. The molecule has 4 aromatic carbocycles. The number of hydrogen-bond acceptors (Lipinski definition) is 12. The second-order valence-electron chi connectivity index (χ2n) is 11.2. The number of carbonyl (C=O) groups excluding carboxylic acids is 3. The summed E-state index contributed by atoms with van der Waals surface area (Å²) < 4.78 is 68.7. The lowest BCUT2D eigenvalue weighted by molar-refractivity contribution is 0.0696. The number of ketones is 2. The van der Waals surface area contributed by atoms with E-state index in [2.05, 4.69) is 31.7 Å². The highest BCUT2D eigenvalue weighted by molar-refractivity contribution is 7.91. The highest BCUT2D eigenvalue weighted by atomic mass is 32.2. The predicted octanol–water partition coefficient (Wildman–Crippen LogP) is 4.82. The van der Waals surface area contributed by atoms with Gasteiger partial charge in [-0.25, -0.2) is 9.59 Å². The number of para-hydroxylation sites is 1. The van der Waals surface area contributed by atoms with Gasteiger partial charge in [-0.3, -0.25) is 29.5 Å². The van der Waals surface area contributed by atoms with Crippen LogP contribution in [0, 0.1) is 0 Å². The maximum atomic E-state index is 13.3. The van der Waals surface area contributed by atoms with Crippen LogP contribution < -0.4 is 21.5 Å². The Balaban J connectivity index is 1.21. The van der Waals surface area contributed by atoms with E-state index in [9.17, 15) is 45.1 Å². The summed E-state index contributed by atoms with van der Waals surface area (Å²) in [5, 5.41) is 21.9. The Hall–Kier alpha value is -6.80. The zero-order valence-corrected chi connectivity index (χ0v) is 28.3. The summed E-state index contributed by atoms with van der Waals surface area (Å²) in [7, 11) is -9.92. The molecule has 7 N–H and O–H groups in total. The van der Waals surface area contributed by atoms with Crippen LogP contribution in [0.4, 0.5) is 27.5 Å². The molecule has 2 aliphatic rings. The number of nitrogens with one attached hydrogen (secondary N) is 4. The number of rotatable bonds is 9. The Labute approximate surface area is 299 Å². The van der Waals surface area contributed by atoms with Crippen LogP contribution in [-0.2, 0) is 20.2 Å². The van der Waals surface area contributed by atoms with Crippen LogP contribution in [0.3, 0.4) is 0 Å². The number of hydrazone groups is 2. The lowest BCUT2D eigenvalue weighted by atomic mass is 9.94. The SMILES string of the molecule is O=C(Nc1ccc2c(c1)C=C(S(=O)(=O)O)C(=NNc1ccccc1)C2=O)Nc1ccc2c(c1)C=C(S(=O)(=O)O)C(=NNc1ccc(C(=O)O)cc1)C2=O. The lowest BCUT2D eigenvalue weighted by Gasteiger charge is -2.18. The van der Waals surface area contributed by atoms with Crippen LogP contribution >= 0.6 is 0 Å². The number of Topliss-reactive ketones (excluding diaryl/α,β-unsaturated/α-hetero) is 2. The van der Waals surface area contributed by atoms with E-state index in [0.717, 1.165) is 12.2 Å². The third-order valence-electron chi connectivity index (χ3n) is 7.63. The van der Waals surface area contributed by atoms with E-state index in [1.807, 2.05) is 0 Å². The molecule has 17 nitrogen and oxygen atoms in total. The second-order valence-corrected chi connectivity index (χ2v) is 14.0. The Bertz CT molecular complexity index is 2580. The third-order valence-corrected chi connectivity index (χ3v) is 9.37. The molecule has 19 heteroatoms. The molecule has 0 fully saturated rings. The van der Waals surface area contributed by atoms with E-state index >= 15 is 0 Å². The molecular weight excluding hydrogens is 733 g/mol. The average molecular weight is 757 g/mol. The van der Waals surface area contributed by atoms with Crippen LogP contribution in [0.15, 0.2) is 111 Å². The van der Waals surface area contributed by atoms with Crippen molar-refractivity contribution in [2.75, 3.05) is 21.5 Å². The molecule has 0 unspecified atom stereocenters. The number of amides is 2. The summed E-state index contributed by atoms with van der Waals surface area (Å²) in [4.78, 5) is 49.0. The maximum absolute atomic E-state index is 13.3. The molecule has 53 heavy (non-hydrogen) atoms. The second kappa shape index (κ2) is 14.1. The van der Waals surface area contributed by atoms with Gasteiger partial charge in [-0.2, -0.15) is 27.0 Å². The van der Waals surface area contributed by atoms with Crippen molar-refractivity contribution in [3.8, 4) is 0 Å². The molecule has 0 atom stereocenters. The van der Waals surface area contributed by atoms with Crippen molar-refractivity contribution < 1.29 is 50.2 Å². The summed E-state index contributed by atoms with van der Waals surface area (Å²) in [5.41, 5.74) is 4.78. The van der Waals surface area contributed by atoms with Gasteiger partial charge in [-0.15, -0.1) is 0 Å². The van der Waals surface area contributed by atoms with Crippen molar-refractivity contribution in [3.05, 3.63) is 129 Å². The zero-order chi connectivity index (χ0) is 38.1. The van der Waals surface area contributed by atoms with Gasteiger partial charge in [0.15, 0.2) is 11.4 Å². The van der Waals surface area contributed by atoms with Gasteiger partial charge in [0.25, 0.3) is 20.2 Å². The van der Waals surface area contributed by atoms with Crippen LogP contribution in [0.2, 0.25) is 0 Å². The molecule has 0 spiro atoms. The summed E-state index contributed by atoms with van der Waals surface area (Å²) in [6.45, 7) is 0. The minimum Gasteiger partial charge on any atom is -0.478 e. The third kappa shape index (κ3) is 7.92. The standard InChI is InChI=1S/C34H24N6O11S2/c41-31-25-12-10-23(14-19(25)16-27(52(46,47)48)29(31)39-37-21-4-2-1-3-5-21)35-34(45)36-24-11-13-26-20(15-24)17-28(53(49,50)51)30(32(26)42)40-38-22-8-6-18(7-9-22)33(43)44/h1-17,37-38H,(H,43,44)(H2,35,36,45)(H,46,47,48)(H,49,50,51). The molecule has 268 valence electrons. The molecule has 0 bridgehead atoms. The number of fused-ring (bicyclic) bond motifs is 2. The fourth-order valence-electron chi connectivity index (χ4n) is 5.17. The number of allylic oxidation sites excluding steroid dienone is 2. The van der Waals surface area contributed by atoms with Gasteiger partial charge in [0.2, 0.25) is 11.6 Å². The average Bonchev–Trinajstić information content (AvgIpc) is 3.10. The Morgan fingerprint density at radius 2 is 0.981 bits per heavy atom. The molecule has 0 aromatic heterocycles. The molecule has 2 aliphatic carbocycles. The molecule has 0 radical (unpaired) electrons. The summed E-state index contributed by atoms with van der Waals surface area (Å²) in [6, 6.07) is 20.6. The van der Waals surface area contributed by atoms with Crippen LogP contribution in [0.1, 0.15) is 42.2 Å². The molecular formula is C34H24N6O11S2. The first-order valence-electron chi connectivity index (χ1n) is 15.0. The Morgan fingerprint density at radius 3 is 1.40 bits per heavy atom. The van der Waals surface area contributed by atoms with Crippen molar-refractivity contribution >= 4 is 90.1 Å². The van der Waals surface area contributed by atoms with Gasteiger partial charge >= 0.3 is 12.0 Å². The molecule has 0 heterocycles. The number of carbonyl (C=O) groups is 4. The summed E-state index contributed by atoms with van der Waals surface area (Å²) in [6.07, 6.45) is 2.01. The first-order chi connectivity index (χ1) is 25.1. The van der Waals surface area contributed by atoms with Crippen molar-refractivity contribution in [1.82, 2.24) is 0 Å². The van der Waals surface area contributed by atoms with E-state index in [4.69, 9.17) is 5.11 Å². The topological polar surface area (TPSA) is 270 Å². The smallest absolute Gasteiger partial charge is 0.335 e. The van der Waals surface area contributed by atoms with E-state index in [1.54, 1.807) is 30.3 Å². The number of benzene rings is 4. The number of carboxylic acid groups (broad SMARTS) is 1. The number of urea groups is 1. The van der Waals surface area contributed by atoms with Gasteiger partial charge in [-0.1, -0.05) is 18.2 Å². The number of anilines is 4. The Kier molecular flexibility index (Phi) is 9.56. The van der Waals surface area contributed by atoms with Crippen molar-refractivity contribution in [3.63, 3.8) is 0 Å². The van der Waals surface area contributed by atoms with Gasteiger partial charge in [0.05, 0.1) is 16.9 Å². The van der Waals surface area contributed by atoms with Crippen LogP contribution in [-0.4, -0.2) is 66.0 Å². The minimum absolute atomic E-state index is 0.0135. The van der Waals surface area contributed by atoms with Crippen LogP contribution in [0.25, 0.3) is 12.2 Å². The summed E-state index contributed by atoms with van der Waals surface area (Å²) in [5.74, 6) is -2.87. The van der Waals surface area contributed by atoms with E-state index < -0.39 is 65.0 Å². The molecule has 0 saturated carbocycles. The van der Waals surface area contributed by atoms with E-state index in [1.165, 1.54) is 60.7 Å². The molecule has 0 aliphatic heterocycles. The van der Waals surface area contributed by atoms with E-state index in [-0.39, 0.29) is 44.9 Å². The lowest BCUT2D eigenvalue weighted by Crippen LogP contribution is -2.27. The molecule has 0 saturated heterocycles. The van der Waals surface area contributed by atoms with Gasteiger partial charge in [0, 0.05) is 22.5 Å². The zero-order valence-electron chi connectivity index (χ0n) is 26.6. The van der Waals surface area contributed by atoms with Gasteiger partial charge < -0.3 is 15.7 Å². The van der Waals surface area contributed by atoms with Crippen molar-refractivity contribution in [2.45, 2.75) is 0 Å². The van der Waals surface area contributed by atoms with Crippen molar-refractivity contribution in [2.24, 2.45) is 10.2 Å². The molecule has 2 amide bonds.